The lowest BCUT2D eigenvalue weighted by Gasteiger charge is -2.44. The zero-order valence-corrected chi connectivity index (χ0v) is 18.0. The van der Waals surface area contributed by atoms with Crippen LogP contribution in [-0.2, 0) is 20.5 Å². The predicted molar refractivity (Wildman–Crippen MR) is 111 cm³/mol. The number of rotatable bonds is 7. The maximum Gasteiger partial charge on any atom is 0.229 e. The van der Waals surface area contributed by atoms with E-state index in [9.17, 15) is 26.4 Å². The standard InChI is InChI=1S/C22H22F4N2O3S/c1-2-32(30,31)27-11-19-18(25)12-28(19)21(29)15-10-22(15,26)14-7-4-3-6-13(14)20-16(23)8-5-9-17(20)24/h3-9,15,18-19,27H,2,10-12H2,1H3/t15-,18+,19-,22+/m0/s1. The van der Waals surface area contributed by atoms with Gasteiger partial charge in [-0.3, -0.25) is 4.79 Å². The highest BCUT2D eigenvalue weighted by molar-refractivity contribution is 7.89. The summed E-state index contributed by atoms with van der Waals surface area (Å²) < 4.78 is 84.1. The van der Waals surface area contributed by atoms with Crippen LogP contribution in [0.15, 0.2) is 42.5 Å². The molecule has 10 heteroatoms. The van der Waals surface area contributed by atoms with E-state index in [4.69, 9.17) is 0 Å². The molecule has 1 aliphatic carbocycles. The molecule has 1 saturated heterocycles. The normalized spacial score (nSPS) is 27.2. The third kappa shape index (κ3) is 3.90. The summed E-state index contributed by atoms with van der Waals surface area (Å²) in [5.41, 5.74) is -2.53. The number of benzene rings is 2. The Bertz CT molecular complexity index is 1140. The van der Waals surface area contributed by atoms with Crippen molar-refractivity contribution in [1.29, 1.82) is 0 Å². The van der Waals surface area contributed by atoms with Crippen LogP contribution in [0.25, 0.3) is 11.1 Å². The van der Waals surface area contributed by atoms with Crippen molar-refractivity contribution in [3.8, 4) is 11.1 Å². The number of hydrogen-bond donors (Lipinski definition) is 1. The summed E-state index contributed by atoms with van der Waals surface area (Å²) in [6, 6.07) is 8.13. The molecule has 32 heavy (non-hydrogen) atoms. The number of alkyl halides is 2. The van der Waals surface area contributed by atoms with Crippen molar-refractivity contribution in [1.82, 2.24) is 9.62 Å². The maximum absolute atomic E-state index is 15.8. The highest BCUT2D eigenvalue weighted by atomic mass is 32.2. The molecular weight excluding hydrogens is 448 g/mol. The number of likely N-dealkylation sites (tertiary alicyclic amines) is 1. The first-order chi connectivity index (χ1) is 15.1. The monoisotopic (exact) mass is 470 g/mol. The van der Waals surface area contributed by atoms with E-state index in [0.717, 1.165) is 17.0 Å². The minimum atomic E-state index is -3.58. The Hall–Kier alpha value is -2.46. The number of nitrogens with zero attached hydrogens (tertiary/aromatic N) is 1. The van der Waals surface area contributed by atoms with Gasteiger partial charge in [-0.05, 0) is 30.2 Å². The van der Waals surface area contributed by atoms with Gasteiger partial charge in [-0.2, -0.15) is 0 Å². The summed E-state index contributed by atoms with van der Waals surface area (Å²) in [4.78, 5) is 14.0. The molecule has 4 rings (SSSR count). The minimum Gasteiger partial charge on any atom is -0.332 e. The van der Waals surface area contributed by atoms with E-state index in [2.05, 4.69) is 4.72 Å². The first-order valence-electron chi connectivity index (χ1n) is 10.2. The van der Waals surface area contributed by atoms with Gasteiger partial charge in [-0.25, -0.2) is 30.7 Å². The van der Waals surface area contributed by atoms with Crippen LogP contribution in [0.1, 0.15) is 18.9 Å². The van der Waals surface area contributed by atoms with Crippen LogP contribution < -0.4 is 4.72 Å². The highest BCUT2D eigenvalue weighted by Crippen LogP contribution is 2.59. The van der Waals surface area contributed by atoms with Gasteiger partial charge in [0, 0.05) is 13.0 Å². The van der Waals surface area contributed by atoms with Crippen LogP contribution in [0.3, 0.4) is 0 Å². The van der Waals surface area contributed by atoms with E-state index < -0.39 is 51.4 Å². The van der Waals surface area contributed by atoms with Crippen molar-refractivity contribution in [3.63, 3.8) is 0 Å². The molecule has 2 fully saturated rings. The Balaban J connectivity index is 1.56. The lowest BCUT2D eigenvalue weighted by molar-refractivity contribution is -0.147. The Morgan fingerprint density at radius 2 is 1.81 bits per heavy atom. The number of nitrogens with one attached hydrogen (secondary N) is 1. The van der Waals surface area contributed by atoms with Gasteiger partial charge in [0.05, 0.1) is 29.8 Å². The van der Waals surface area contributed by atoms with E-state index in [1.54, 1.807) is 0 Å². The molecule has 4 atom stereocenters. The van der Waals surface area contributed by atoms with Gasteiger partial charge < -0.3 is 4.90 Å². The average molecular weight is 470 g/mol. The Morgan fingerprint density at radius 3 is 2.44 bits per heavy atom. The predicted octanol–water partition coefficient (Wildman–Crippen LogP) is 3.30. The van der Waals surface area contributed by atoms with Gasteiger partial charge in [0.25, 0.3) is 0 Å². The first-order valence-corrected chi connectivity index (χ1v) is 11.9. The van der Waals surface area contributed by atoms with E-state index >= 15 is 4.39 Å². The SMILES string of the molecule is CCS(=O)(=O)NC[C@H]1[C@H](F)CN1C(=O)[C@@H]1C[C@@]1(F)c1ccccc1-c1c(F)cccc1F. The summed E-state index contributed by atoms with van der Waals surface area (Å²) >= 11 is 0. The van der Waals surface area contributed by atoms with E-state index in [0.29, 0.717) is 0 Å². The lowest BCUT2D eigenvalue weighted by atomic mass is 9.93. The number of halogens is 4. The topological polar surface area (TPSA) is 66.5 Å². The number of carbonyl (C=O) groups excluding carboxylic acids is 1. The zero-order valence-electron chi connectivity index (χ0n) is 17.2. The molecule has 1 N–H and O–H groups in total. The molecule has 1 aliphatic heterocycles. The smallest absolute Gasteiger partial charge is 0.229 e. The van der Waals surface area contributed by atoms with Gasteiger partial charge in [0.2, 0.25) is 15.9 Å². The molecule has 1 amide bonds. The maximum atomic E-state index is 15.8. The molecular formula is C22H22F4N2O3S. The minimum absolute atomic E-state index is 0.0112. The van der Waals surface area contributed by atoms with Gasteiger partial charge >= 0.3 is 0 Å². The second kappa shape index (κ2) is 8.15. The second-order valence-corrected chi connectivity index (χ2v) is 10.2. The van der Waals surface area contributed by atoms with Crippen molar-refractivity contribution < 1.29 is 30.8 Å². The molecule has 0 spiro atoms. The molecule has 0 unspecified atom stereocenters. The molecule has 172 valence electrons. The molecule has 0 radical (unpaired) electrons. The average Bonchev–Trinajstić information content (AvgIpc) is 3.44. The fourth-order valence-corrected chi connectivity index (χ4v) is 4.77. The van der Waals surface area contributed by atoms with Crippen LogP contribution in [0, 0.1) is 17.6 Å². The Labute approximate surface area is 183 Å². The molecule has 2 aliphatic rings. The fraction of sp³-hybridized carbons (Fsp3) is 0.409. The Morgan fingerprint density at radius 1 is 1.16 bits per heavy atom. The molecule has 5 nitrogen and oxygen atoms in total. The quantitative estimate of drug-likeness (QED) is 0.632. The molecule has 2 aromatic carbocycles. The third-order valence-corrected chi connectivity index (χ3v) is 7.53. The van der Waals surface area contributed by atoms with Crippen LogP contribution in [0.2, 0.25) is 0 Å². The second-order valence-electron chi connectivity index (χ2n) is 8.09. The van der Waals surface area contributed by atoms with Gasteiger partial charge in [0.1, 0.15) is 23.5 Å². The van der Waals surface area contributed by atoms with Gasteiger partial charge in [-0.15, -0.1) is 0 Å². The van der Waals surface area contributed by atoms with Crippen molar-refractivity contribution >= 4 is 15.9 Å². The largest absolute Gasteiger partial charge is 0.332 e. The Kier molecular flexibility index (Phi) is 5.79. The number of amides is 1. The van der Waals surface area contributed by atoms with Crippen molar-refractivity contribution in [3.05, 3.63) is 59.7 Å². The van der Waals surface area contributed by atoms with E-state index in [-0.39, 0.29) is 42.0 Å². The number of carbonyl (C=O) groups is 1. The molecule has 1 heterocycles. The van der Waals surface area contributed by atoms with Crippen LogP contribution in [0.4, 0.5) is 17.6 Å². The van der Waals surface area contributed by atoms with Gasteiger partial charge in [0.15, 0.2) is 0 Å². The molecule has 2 aromatic rings. The summed E-state index contributed by atoms with van der Waals surface area (Å²) in [7, 11) is -3.58. The third-order valence-electron chi connectivity index (χ3n) is 6.16. The molecule has 0 bridgehead atoms. The van der Waals surface area contributed by atoms with Crippen LogP contribution in [0.5, 0.6) is 0 Å². The van der Waals surface area contributed by atoms with Crippen molar-refractivity contribution in [2.75, 3.05) is 18.8 Å². The summed E-state index contributed by atoms with van der Waals surface area (Å²) in [5.74, 6) is -3.68. The zero-order chi connectivity index (χ0) is 23.3. The molecule has 0 aromatic heterocycles. The van der Waals surface area contributed by atoms with E-state index in [1.807, 2.05) is 0 Å². The summed E-state index contributed by atoms with van der Waals surface area (Å²) in [5, 5.41) is 0. The first kappa shape index (κ1) is 22.7. The fourth-order valence-electron chi connectivity index (χ4n) is 4.15. The number of sulfonamides is 1. The van der Waals surface area contributed by atoms with Crippen molar-refractivity contribution in [2.45, 2.75) is 31.2 Å². The van der Waals surface area contributed by atoms with Crippen LogP contribution >= 0.6 is 0 Å². The lowest BCUT2D eigenvalue weighted by Crippen LogP contribution is -2.64. The molecule has 1 saturated carbocycles. The summed E-state index contributed by atoms with van der Waals surface area (Å²) in [6.07, 6.45) is -1.63. The van der Waals surface area contributed by atoms with Crippen molar-refractivity contribution in [2.24, 2.45) is 5.92 Å². The van der Waals surface area contributed by atoms with Gasteiger partial charge in [-0.1, -0.05) is 30.3 Å². The van der Waals surface area contributed by atoms with E-state index in [1.165, 1.54) is 37.3 Å². The number of hydrogen-bond acceptors (Lipinski definition) is 3. The highest BCUT2D eigenvalue weighted by Gasteiger charge is 2.64. The van der Waals surface area contributed by atoms with Crippen LogP contribution in [-0.4, -0.2) is 50.3 Å². The summed E-state index contributed by atoms with van der Waals surface area (Å²) in [6.45, 7) is 0.871.